The molecule has 0 bridgehead atoms. The number of benzene rings is 2. The molecule has 6 nitrogen and oxygen atoms in total. The topological polar surface area (TPSA) is 75.7 Å². The van der Waals surface area contributed by atoms with Crippen molar-refractivity contribution in [1.29, 1.82) is 0 Å². The fraction of sp³-hybridized carbons (Fsp3) is 0.435. The highest BCUT2D eigenvalue weighted by Gasteiger charge is 2.31. The number of hydrogen-bond donors (Lipinski definition) is 1. The molecule has 1 fully saturated rings. The first-order valence-electron chi connectivity index (χ1n) is 10.3. The maximum absolute atomic E-state index is 13.3. The molecule has 30 heavy (non-hydrogen) atoms. The van der Waals surface area contributed by atoms with Gasteiger partial charge < -0.3 is 9.64 Å². The van der Waals surface area contributed by atoms with Gasteiger partial charge >= 0.3 is 0 Å². The number of piperidine rings is 1. The van der Waals surface area contributed by atoms with Crippen LogP contribution in [0.5, 0.6) is 5.75 Å². The van der Waals surface area contributed by atoms with Gasteiger partial charge in [0.2, 0.25) is 15.9 Å². The molecule has 7 heteroatoms. The molecule has 1 aliphatic rings. The number of nitrogens with one attached hydrogen (secondary N) is 1. The van der Waals surface area contributed by atoms with E-state index in [0.717, 1.165) is 24.0 Å². The zero-order valence-electron chi connectivity index (χ0n) is 17.8. The van der Waals surface area contributed by atoms with E-state index in [-0.39, 0.29) is 10.8 Å². The number of aryl methyl sites for hydroxylation is 1. The zero-order valence-corrected chi connectivity index (χ0v) is 18.6. The van der Waals surface area contributed by atoms with Crippen LogP contribution >= 0.6 is 0 Å². The summed E-state index contributed by atoms with van der Waals surface area (Å²) in [5.41, 5.74) is 1.63. The van der Waals surface area contributed by atoms with Crippen molar-refractivity contribution < 1.29 is 17.9 Å². The number of hydrogen-bond acceptors (Lipinski definition) is 4. The quantitative estimate of drug-likeness (QED) is 0.732. The van der Waals surface area contributed by atoms with Crippen LogP contribution < -0.4 is 9.46 Å². The van der Waals surface area contributed by atoms with E-state index in [2.05, 4.69) is 11.6 Å². The highest BCUT2D eigenvalue weighted by molar-refractivity contribution is 7.89. The lowest BCUT2D eigenvalue weighted by atomic mass is 9.98. The van der Waals surface area contributed by atoms with E-state index < -0.39 is 16.1 Å². The van der Waals surface area contributed by atoms with Crippen LogP contribution in [0.3, 0.4) is 0 Å². The predicted molar refractivity (Wildman–Crippen MR) is 117 cm³/mol. The highest BCUT2D eigenvalue weighted by atomic mass is 32.2. The van der Waals surface area contributed by atoms with Crippen LogP contribution in [-0.2, 0) is 21.2 Å². The third-order valence-corrected chi connectivity index (χ3v) is 7.12. The van der Waals surface area contributed by atoms with Gasteiger partial charge in [-0.1, -0.05) is 37.3 Å². The first-order chi connectivity index (χ1) is 14.3. The lowest BCUT2D eigenvalue weighted by molar-refractivity contribution is -0.134. The Morgan fingerprint density at radius 3 is 2.43 bits per heavy atom. The van der Waals surface area contributed by atoms with Crippen LogP contribution in [0.4, 0.5) is 0 Å². The SMILES string of the molecule is COc1ccc(S(=O)(=O)N[C@@H](Cc2ccccc2)C(=O)N2CCC(C)CC2)cc1C. The van der Waals surface area contributed by atoms with E-state index in [4.69, 9.17) is 4.74 Å². The number of rotatable bonds is 7. The molecule has 0 unspecified atom stereocenters. The minimum absolute atomic E-state index is 0.124. The van der Waals surface area contributed by atoms with Crippen LogP contribution in [0.15, 0.2) is 53.4 Å². The summed E-state index contributed by atoms with van der Waals surface area (Å²) in [6.07, 6.45) is 2.18. The maximum Gasteiger partial charge on any atom is 0.241 e. The van der Waals surface area contributed by atoms with Crippen molar-refractivity contribution in [2.45, 2.75) is 44.0 Å². The number of amides is 1. The molecule has 3 rings (SSSR count). The van der Waals surface area contributed by atoms with Crippen molar-refractivity contribution in [3.63, 3.8) is 0 Å². The van der Waals surface area contributed by atoms with E-state index in [0.29, 0.717) is 31.2 Å². The summed E-state index contributed by atoms with van der Waals surface area (Å²) in [7, 11) is -2.33. The fourth-order valence-electron chi connectivity index (χ4n) is 3.75. The van der Waals surface area contributed by atoms with Gasteiger partial charge in [0.05, 0.1) is 12.0 Å². The molecule has 0 aliphatic carbocycles. The third kappa shape index (κ3) is 5.40. The molecular formula is C23H30N2O4S. The number of ether oxygens (including phenoxy) is 1. The van der Waals surface area contributed by atoms with Crippen molar-refractivity contribution >= 4 is 15.9 Å². The summed E-state index contributed by atoms with van der Waals surface area (Å²) in [6.45, 7) is 5.29. The summed E-state index contributed by atoms with van der Waals surface area (Å²) in [4.78, 5) is 15.2. The normalized spacial score (nSPS) is 16.3. The predicted octanol–water partition coefficient (Wildman–Crippen LogP) is 3.15. The molecule has 1 saturated heterocycles. The molecule has 1 aliphatic heterocycles. The first-order valence-corrected chi connectivity index (χ1v) is 11.8. The van der Waals surface area contributed by atoms with Crippen LogP contribution in [-0.4, -0.2) is 45.5 Å². The Morgan fingerprint density at radius 1 is 1.17 bits per heavy atom. The smallest absolute Gasteiger partial charge is 0.241 e. The van der Waals surface area contributed by atoms with Gasteiger partial charge in [0.1, 0.15) is 11.8 Å². The molecule has 1 amide bonds. The molecule has 162 valence electrons. The van der Waals surface area contributed by atoms with Crippen molar-refractivity contribution in [3.05, 3.63) is 59.7 Å². The molecule has 0 aromatic heterocycles. The van der Waals surface area contributed by atoms with E-state index >= 15 is 0 Å². The molecule has 1 heterocycles. The molecule has 0 saturated carbocycles. The molecule has 1 N–H and O–H groups in total. The Balaban J connectivity index is 1.85. The Morgan fingerprint density at radius 2 is 1.83 bits per heavy atom. The lowest BCUT2D eigenvalue weighted by Crippen LogP contribution is -2.51. The first kappa shape index (κ1) is 22.3. The van der Waals surface area contributed by atoms with Crippen molar-refractivity contribution in [1.82, 2.24) is 9.62 Å². The average molecular weight is 431 g/mol. The van der Waals surface area contributed by atoms with Gasteiger partial charge in [-0.25, -0.2) is 8.42 Å². The second-order valence-electron chi connectivity index (χ2n) is 8.00. The zero-order chi connectivity index (χ0) is 21.7. The Kier molecular flexibility index (Phi) is 7.15. The third-order valence-electron chi connectivity index (χ3n) is 5.65. The number of carbonyl (C=O) groups is 1. The van der Waals surface area contributed by atoms with Crippen molar-refractivity contribution in [3.8, 4) is 5.75 Å². The van der Waals surface area contributed by atoms with Gasteiger partial charge in [0.15, 0.2) is 0 Å². The van der Waals surface area contributed by atoms with Gasteiger partial charge in [-0.15, -0.1) is 0 Å². The van der Waals surface area contributed by atoms with Crippen LogP contribution in [0.1, 0.15) is 30.9 Å². The molecule has 1 atom stereocenters. The summed E-state index contributed by atoms with van der Waals surface area (Å²) in [5.74, 6) is 1.04. The van der Waals surface area contributed by atoms with E-state index in [1.54, 1.807) is 31.1 Å². The minimum atomic E-state index is -3.87. The summed E-state index contributed by atoms with van der Waals surface area (Å²) < 4.78 is 34.1. The largest absolute Gasteiger partial charge is 0.496 e. The van der Waals surface area contributed by atoms with E-state index in [1.807, 2.05) is 30.3 Å². The van der Waals surface area contributed by atoms with Gasteiger partial charge in [0.25, 0.3) is 0 Å². The Labute approximate surface area is 179 Å². The van der Waals surface area contributed by atoms with Gasteiger partial charge in [-0.3, -0.25) is 4.79 Å². The van der Waals surface area contributed by atoms with Gasteiger partial charge in [-0.05, 0) is 61.4 Å². The fourth-order valence-corrected chi connectivity index (χ4v) is 5.03. The second kappa shape index (κ2) is 9.62. The number of methoxy groups -OCH3 is 1. The van der Waals surface area contributed by atoms with Crippen molar-refractivity contribution in [2.24, 2.45) is 5.92 Å². The maximum atomic E-state index is 13.3. The van der Waals surface area contributed by atoms with E-state index in [1.165, 1.54) is 6.07 Å². The molecular weight excluding hydrogens is 400 g/mol. The lowest BCUT2D eigenvalue weighted by Gasteiger charge is -2.33. The molecule has 2 aromatic rings. The molecule has 2 aromatic carbocycles. The minimum Gasteiger partial charge on any atom is -0.496 e. The van der Waals surface area contributed by atoms with Crippen LogP contribution in [0, 0.1) is 12.8 Å². The van der Waals surface area contributed by atoms with Crippen molar-refractivity contribution in [2.75, 3.05) is 20.2 Å². The second-order valence-corrected chi connectivity index (χ2v) is 9.72. The number of nitrogens with zero attached hydrogens (tertiary/aromatic N) is 1. The van der Waals surface area contributed by atoms with Gasteiger partial charge in [0, 0.05) is 13.1 Å². The average Bonchev–Trinajstić information content (AvgIpc) is 2.74. The Bertz CT molecular complexity index is 968. The standard InChI is InChI=1S/C23H30N2O4S/c1-17-11-13-25(14-12-17)23(26)21(16-19-7-5-4-6-8-19)24-30(27,28)20-9-10-22(29-3)18(2)15-20/h4-10,15,17,21,24H,11-14,16H2,1-3H3/t21-/m0/s1. The number of carbonyl (C=O) groups excluding carboxylic acids is 1. The highest BCUT2D eigenvalue weighted by Crippen LogP contribution is 2.22. The molecule has 0 radical (unpaired) electrons. The molecule has 0 spiro atoms. The summed E-state index contributed by atoms with van der Waals surface area (Å²) >= 11 is 0. The van der Waals surface area contributed by atoms with E-state index in [9.17, 15) is 13.2 Å². The number of sulfonamides is 1. The monoisotopic (exact) mass is 430 g/mol. The summed E-state index contributed by atoms with van der Waals surface area (Å²) in [6, 6.07) is 13.3. The van der Waals surface area contributed by atoms with Gasteiger partial charge in [-0.2, -0.15) is 4.72 Å². The van der Waals surface area contributed by atoms with Crippen LogP contribution in [0.2, 0.25) is 0 Å². The Hall–Kier alpha value is -2.38. The summed E-state index contributed by atoms with van der Waals surface area (Å²) in [5, 5.41) is 0. The number of likely N-dealkylation sites (tertiary alicyclic amines) is 1. The van der Waals surface area contributed by atoms with Crippen LogP contribution in [0.25, 0.3) is 0 Å².